The van der Waals surface area contributed by atoms with E-state index in [9.17, 15) is 14.4 Å². The van der Waals surface area contributed by atoms with Gasteiger partial charge in [0, 0.05) is 5.92 Å². The SMILES string of the molecule is CCOC(=O)c1nnn(CC(=O)N2N=C3/C(=C/c4ccc(C)cc4)CCC[C@@H]3[C@H]2c2ccc(C)cc2)c1C(=O)OCC. The number of hydrazone groups is 1. The lowest BCUT2D eigenvalue weighted by Gasteiger charge is -2.29. The molecule has 1 amide bonds. The molecule has 1 saturated carbocycles. The van der Waals surface area contributed by atoms with Crippen molar-refractivity contribution in [1.82, 2.24) is 20.0 Å². The van der Waals surface area contributed by atoms with E-state index in [-0.39, 0.29) is 49.0 Å². The molecule has 0 N–H and O–H groups in total. The molecule has 2 atom stereocenters. The maximum Gasteiger partial charge on any atom is 0.361 e. The Morgan fingerprint density at radius 3 is 2.24 bits per heavy atom. The molecule has 2 aliphatic rings. The number of hydrogen-bond acceptors (Lipinski definition) is 8. The zero-order valence-electron chi connectivity index (χ0n) is 24.4. The van der Waals surface area contributed by atoms with Crippen LogP contribution in [0.2, 0.25) is 0 Å². The van der Waals surface area contributed by atoms with Crippen LogP contribution >= 0.6 is 0 Å². The first kappa shape index (κ1) is 28.9. The standard InChI is InChI=1S/C32H35N5O5/c1-5-41-31(39)28-30(32(40)42-6-2)36(35-33-28)19-26(38)37-29(23-16-12-21(4)13-17-23)25-9-7-8-24(27(25)34-37)18-22-14-10-20(3)11-15-22/h10-18,25,29H,5-9,19H2,1-4H3/b24-18+/t25-,29+/m0/s1. The Kier molecular flexibility index (Phi) is 8.61. The van der Waals surface area contributed by atoms with Gasteiger partial charge < -0.3 is 9.47 Å². The van der Waals surface area contributed by atoms with E-state index in [1.165, 1.54) is 10.6 Å². The van der Waals surface area contributed by atoms with E-state index in [0.29, 0.717) is 0 Å². The Hall–Kier alpha value is -4.60. The first-order valence-corrected chi connectivity index (χ1v) is 14.3. The van der Waals surface area contributed by atoms with E-state index in [2.05, 4.69) is 47.6 Å². The van der Waals surface area contributed by atoms with E-state index in [1.54, 1.807) is 13.8 Å². The second-order valence-corrected chi connectivity index (χ2v) is 10.5. The quantitative estimate of drug-likeness (QED) is 0.348. The average Bonchev–Trinajstić information content (AvgIpc) is 3.58. The summed E-state index contributed by atoms with van der Waals surface area (Å²) in [6.07, 6.45) is 4.89. The zero-order chi connectivity index (χ0) is 29.8. The fraction of sp³-hybridized carbons (Fsp3) is 0.375. The largest absolute Gasteiger partial charge is 0.461 e. The third-order valence-corrected chi connectivity index (χ3v) is 7.55. The van der Waals surface area contributed by atoms with Crippen LogP contribution in [0, 0.1) is 19.8 Å². The van der Waals surface area contributed by atoms with Crippen LogP contribution in [0.3, 0.4) is 0 Å². The molecular weight excluding hydrogens is 534 g/mol. The molecule has 5 rings (SSSR count). The molecule has 2 aromatic carbocycles. The smallest absolute Gasteiger partial charge is 0.361 e. The van der Waals surface area contributed by atoms with Crippen LogP contribution in [0.5, 0.6) is 0 Å². The molecule has 1 aromatic heterocycles. The van der Waals surface area contributed by atoms with Crippen molar-refractivity contribution in [3.63, 3.8) is 0 Å². The van der Waals surface area contributed by atoms with Gasteiger partial charge in [-0.15, -0.1) is 5.10 Å². The number of carbonyl (C=O) groups is 3. The number of benzene rings is 2. The number of nitrogens with zero attached hydrogens (tertiary/aromatic N) is 5. The summed E-state index contributed by atoms with van der Waals surface area (Å²) in [6.45, 7) is 7.19. The Labute approximate surface area is 245 Å². The van der Waals surface area contributed by atoms with Crippen LogP contribution in [0.25, 0.3) is 6.08 Å². The summed E-state index contributed by atoms with van der Waals surface area (Å²) in [4.78, 5) is 39.3. The number of hydrogen-bond donors (Lipinski definition) is 0. The number of amides is 1. The Morgan fingerprint density at radius 2 is 1.57 bits per heavy atom. The highest BCUT2D eigenvalue weighted by Crippen LogP contribution is 2.44. The Morgan fingerprint density at radius 1 is 0.929 bits per heavy atom. The molecule has 1 aliphatic heterocycles. The van der Waals surface area contributed by atoms with Crippen LogP contribution in [0.1, 0.15) is 82.4 Å². The molecule has 42 heavy (non-hydrogen) atoms. The van der Waals surface area contributed by atoms with Crippen LogP contribution in [0.15, 0.2) is 59.2 Å². The highest BCUT2D eigenvalue weighted by atomic mass is 16.5. The van der Waals surface area contributed by atoms with Gasteiger partial charge in [-0.1, -0.05) is 64.9 Å². The average molecular weight is 570 g/mol. The van der Waals surface area contributed by atoms with Gasteiger partial charge >= 0.3 is 11.9 Å². The van der Waals surface area contributed by atoms with Crippen molar-refractivity contribution in [3.05, 3.63) is 87.7 Å². The van der Waals surface area contributed by atoms with Crippen molar-refractivity contribution in [2.24, 2.45) is 11.0 Å². The molecule has 1 fully saturated rings. The topological polar surface area (TPSA) is 116 Å². The minimum atomic E-state index is -0.810. The predicted molar refractivity (Wildman–Crippen MR) is 157 cm³/mol. The third-order valence-electron chi connectivity index (χ3n) is 7.55. The van der Waals surface area contributed by atoms with Gasteiger partial charge in [0.05, 0.1) is 25.0 Å². The predicted octanol–water partition coefficient (Wildman–Crippen LogP) is 5.07. The zero-order valence-corrected chi connectivity index (χ0v) is 24.4. The summed E-state index contributed by atoms with van der Waals surface area (Å²) in [5, 5.41) is 14.3. The van der Waals surface area contributed by atoms with Crippen molar-refractivity contribution < 1.29 is 23.9 Å². The normalized spacial score (nSPS) is 18.9. The summed E-state index contributed by atoms with van der Waals surface area (Å²) in [7, 11) is 0. The summed E-state index contributed by atoms with van der Waals surface area (Å²) < 4.78 is 11.3. The van der Waals surface area contributed by atoms with E-state index in [1.807, 2.05) is 31.2 Å². The number of fused-ring (bicyclic) bond motifs is 1. The number of aryl methyl sites for hydroxylation is 2. The van der Waals surface area contributed by atoms with E-state index in [4.69, 9.17) is 14.6 Å². The van der Waals surface area contributed by atoms with Gasteiger partial charge in [-0.25, -0.2) is 19.3 Å². The molecule has 1 aliphatic carbocycles. The molecule has 10 heteroatoms. The lowest BCUT2D eigenvalue weighted by atomic mass is 9.77. The molecule has 0 radical (unpaired) electrons. The lowest BCUT2D eigenvalue weighted by Crippen LogP contribution is -2.34. The van der Waals surface area contributed by atoms with Crippen LogP contribution in [-0.2, 0) is 20.8 Å². The number of carbonyl (C=O) groups excluding carboxylic acids is 3. The van der Waals surface area contributed by atoms with Gasteiger partial charge in [0.15, 0.2) is 5.69 Å². The third kappa shape index (κ3) is 5.88. The minimum absolute atomic E-state index is 0.0115. The fourth-order valence-electron chi connectivity index (χ4n) is 5.53. The highest BCUT2D eigenvalue weighted by molar-refractivity contribution is 6.08. The molecule has 10 nitrogen and oxygen atoms in total. The highest BCUT2D eigenvalue weighted by Gasteiger charge is 2.44. The number of esters is 2. The summed E-state index contributed by atoms with van der Waals surface area (Å²) in [6, 6.07) is 16.1. The summed E-state index contributed by atoms with van der Waals surface area (Å²) in [5.41, 5.74) is 5.87. The van der Waals surface area contributed by atoms with Crippen molar-refractivity contribution in [3.8, 4) is 0 Å². The first-order chi connectivity index (χ1) is 20.3. The number of aromatic nitrogens is 3. The van der Waals surface area contributed by atoms with E-state index in [0.717, 1.165) is 51.9 Å². The van der Waals surface area contributed by atoms with E-state index < -0.39 is 11.9 Å². The van der Waals surface area contributed by atoms with Crippen molar-refractivity contribution >= 4 is 29.6 Å². The van der Waals surface area contributed by atoms with Crippen molar-refractivity contribution in [2.75, 3.05) is 13.2 Å². The molecule has 0 unspecified atom stereocenters. The maximum atomic E-state index is 14.0. The van der Waals surface area contributed by atoms with Gasteiger partial charge in [0.1, 0.15) is 6.54 Å². The van der Waals surface area contributed by atoms with E-state index >= 15 is 0 Å². The second-order valence-electron chi connectivity index (χ2n) is 10.5. The molecule has 0 saturated heterocycles. The molecule has 0 bridgehead atoms. The number of rotatable bonds is 8. The molecule has 218 valence electrons. The van der Waals surface area contributed by atoms with Crippen molar-refractivity contribution in [1.29, 1.82) is 0 Å². The molecule has 0 spiro atoms. The Bertz CT molecular complexity index is 1540. The molecule has 2 heterocycles. The van der Waals surface area contributed by atoms with Gasteiger partial charge in [0.25, 0.3) is 5.91 Å². The number of allylic oxidation sites excluding steroid dienone is 1. The monoisotopic (exact) mass is 569 g/mol. The summed E-state index contributed by atoms with van der Waals surface area (Å²) in [5.74, 6) is -1.99. The van der Waals surface area contributed by atoms with Crippen LogP contribution in [-0.4, -0.2) is 56.8 Å². The van der Waals surface area contributed by atoms with Crippen LogP contribution in [0.4, 0.5) is 0 Å². The van der Waals surface area contributed by atoms with Crippen molar-refractivity contribution in [2.45, 2.75) is 59.5 Å². The van der Waals surface area contributed by atoms with Gasteiger partial charge in [0.2, 0.25) is 5.69 Å². The van der Waals surface area contributed by atoms with Gasteiger partial charge in [-0.3, -0.25) is 4.79 Å². The molecule has 3 aromatic rings. The van der Waals surface area contributed by atoms with Crippen LogP contribution < -0.4 is 0 Å². The van der Waals surface area contributed by atoms with Gasteiger partial charge in [-0.05, 0) is 69.7 Å². The lowest BCUT2D eigenvalue weighted by molar-refractivity contribution is -0.134. The molecular formula is C32H35N5O5. The van der Waals surface area contributed by atoms with Gasteiger partial charge in [-0.2, -0.15) is 5.10 Å². The summed E-state index contributed by atoms with van der Waals surface area (Å²) >= 11 is 0. The first-order valence-electron chi connectivity index (χ1n) is 14.3. The maximum absolute atomic E-state index is 14.0. The minimum Gasteiger partial charge on any atom is -0.461 e. The second kappa shape index (κ2) is 12.5. The number of ether oxygens (including phenoxy) is 2. The fourth-order valence-corrected chi connectivity index (χ4v) is 5.53. The Balaban J connectivity index is 1.52.